The van der Waals surface area contributed by atoms with Gasteiger partial charge in [0, 0.05) is 11.6 Å². The minimum absolute atomic E-state index is 0.0500. The maximum absolute atomic E-state index is 12.3. The van der Waals surface area contributed by atoms with Crippen molar-refractivity contribution in [1.82, 2.24) is 15.6 Å². The lowest BCUT2D eigenvalue weighted by molar-refractivity contribution is -0.123. The fourth-order valence-electron chi connectivity index (χ4n) is 2.41. The van der Waals surface area contributed by atoms with Gasteiger partial charge in [0.1, 0.15) is 0 Å². The van der Waals surface area contributed by atoms with Crippen LogP contribution in [0.25, 0.3) is 0 Å². The number of benzene rings is 2. The molecule has 2 rings (SSSR count). The first-order chi connectivity index (χ1) is 14.2. The summed E-state index contributed by atoms with van der Waals surface area (Å²) in [4.78, 5) is 24.2. The van der Waals surface area contributed by atoms with Crippen molar-refractivity contribution in [1.29, 1.82) is 0 Å². The van der Waals surface area contributed by atoms with E-state index in [2.05, 4.69) is 15.6 Å². The summed E-state index contributed by atoms with van der Waals surface area (Å²) in [6, 6.07) is 12.1. The van der Waals surface area contributed by atoms with Gasteiger partial charge in [0.15, 0.2) is 18.1 Å². The fourth-order valence-corrected chi connectivity index (χ4v) is 3.70. The molecule has 0 fully saturated rings. The van der Waals surface area contributed by atoms with Crippen LogP contribution < -0.4 is 25.0 Å². The largest absolute Gasteiger partial charge is 0.490 e. The number of hydrogen-bond acceptors (Lipinski definition) is 6. The minimum atomic E-state index is -3.74. The lowest BCUT2D eigenvalue weighted by Gasteiger charge is -2.12. The third-order valence-electron chi connectivity index (χ3n) is 3.62. The lowest BCUT2D eigenvalue weighted by Crippen LogP contribution is -2.43. The van der Waals surface area contributed by atoms with Gasteiger partial charge in [-0.15, -0.1) is 0 Å². The first-order valence-corrected chi connectivity index (χ1v) is 10.8. The van der Waals surface area contributed by atoms with Crippen molar-refractivity contribution in [3.05, 3.63) is 54.1 Å². The highest BCUT2D eigenvalue weighted by molar-refractivity contribution is 7.89. The number of para-hydroxylation sites is 2. The standard InChI is InChI=1S/C20H25N3O6S/c1-4-28-17-10-5-6-11-18(17)29-13-19(24)21-22-20(25)15-8-7-9-16(12-15)30(26,27)23-14(2)3/h5-12,14,23H,4,13H2,1-3H3,(H,21,24)(H,22,25). The highest BCUT2D eigenvalue weighted by Crippen LogP contribution is 2.26. The first-order valence-electron chi connectivity index (χ1n) is 9.29. The number of amides is 2. The molecule has 0 aromatic heterocycles. The van der Waals surface area contributed by atoms with E-state index in [1.807, 2.05) is 6.92 Å². The zero-order valence-electron chi connectivity index (χ0n) is 17.0. The fraction of sp³-hybridized carbons (Fsp3) is 0.300. The summed E-state index contributed by atoms with van der Waals surface area (Å²) in [6.45, 7) is 5.32. The topological polar surface area (TPSA) is 123 Å². The maximum atomic E-state index is 12.3. The van der Waals surface area contributed by atoms with E-state index in [0.29, 0.717) is 18.1 Å². The molecule has 0 heterocycles. The lowest BCUT2D eigenvalue weighted by atomic mass is 10.2. The number of hydrazine groups is 1. The van der Waals surface area contributed by atoms with Gasteiger partial charge in [-0.25, -0.2) is 13.1 Å². The third-order valence-corrected chi connectivity index (χ3v) is 5.28. The number of carbonyl (C=O) groups excluding carboxylic acids is 2. The third kappa shape index (κ3) is 6.75. The van der Waals surface area contributed by atoms with Gasteiger partial charge in [0.25, 0.3) is 11.8 Å². The number of hydrogen-bond donors (Lipinski definition) is 3. The minimum Gasteiger partial charge on any atom is -0.490 e. The second kappa shape index (κ2) is 10.6. The molecule has 9 nitrogen and oxygen atoms in total. The Labute approximate surface area is 175 Å². The molecule has 10 heteroatoms. The van der Waals surface area contributed by atoms with E-state index in [4.69, 9.17) is 9.47 Å². The van der Waals surface area contributed by atoms with Crippen molar-refractivity contribution in [3.8, 4) is 11.5 Å². The van der Waals surface area contributed by atoms with Crippen LogP contribution in [0.5, 0.6) is 11.5 Å². The highest BCUT2D eigenvalue weighted by atomic mass is 32.2. The monoisotopic (exact) mass is 435 g/mol. The molecule has 0 spiro atoms. The van der Waals surface area contributed by atoms with E-state index in [9.17, 15) is 18.0 Å². The van der Waals surface area contributed by atoms with Crippen LogP contribution in [0.1, 0.15) is 31.1 Å². The molecule has 2 aromatic carbocycles. The average molecular weight is 436 g/mol. The van der Waals surface area contributed by atoms with Crippen LogP contribution in [0, 0.1) is 0 Å². The van der Waals surface area contributed by atoms with Gasteiger partial charge in [-0.1, -0.05) is 18.2 Å². The summed E-state index contributed by atoms with van der Waals surface area (Å²) < 4.78 is 37.7. The zero-order chi connectivity index (χ0) is 22.1. The SMILES string of the molecule is CCOc1ccccc1OCC(=O)NNC(=O)c1cccc(S(=O)(=O)NC(C)C)c1. The Morgan fingerprint density at radius 3 is 2.27 bits per heavy atom. The van der Waals surface area contributed by atoms with Crippen molar-refractivity contribution in [2.75, 3.05) is 13.2 Å². The summed E-state index contributed by atoms with van der Waals surface area (Å²) in [6.07, 6.45) is 0. The normalized spacial score (nSPS) is 11.1. The molecule has 0 saturated carbocycles. The van der Waals surface area contributed by atoms with Crippen molar-refractivity contribution in [3.63, 3.8) is 0 Å². The number of ether oxygens (including phenoxy) is 2. The van der Waals surface area contributed by atoms with Crippen molar-refractivity contribution in [2.45, 2.75) is 31.7 Å². The molecule has 2 amide bonds. The molecular weight excluding hydrogens is 410 g/mol. The molecule has 162 valence electrons. The summed E-state index contributed by atoms with van der Waals surface area (Å²) in [5.74, 6) is -0.360. The Hall–Kier alpha value is -3.11. The van der Waals surface area contributed by atoms with E-state index in [1.165, 1.54) is 24.3 Å². The van der Waals surface area contributed by atoms with Crippen molar-refractivity contribution < 1.29 is 27.5 Å². The van der Waals surface area contributed by atoms with Crippen LogP contribution in [0.15, 0.2) is 53.4 Å². The molecular formula is C20H25N3O6S. The van der Waals surface area contributed by atoms with E-state index < -0.39 is 21.8 Å². The van der Waals surface area contributed by atoms with Crippen LogP contribution in [0.3, 0.4) is 0 Å². The van der Waals surface area contributed by atoms with Crippen LogP contribution in [0.4, 0.5) is 0 Å². The van der Waals surface area contributed by atoms with Crippen molar-refractivity contribution in [2.24, 2.45) is 0 Å². The summed E-state index contributed by atoms with van der Waals surface area (Å²) >= 11 is 0. The molecule has 0 saturated heterocycles. The predicted octanol–water partition coefficient (Wildman–Crippen LogP) is 1.61. The van der Waals surface area contributed by atoms with Crippen LogP contribution >= 0.6 is 0 Å². The Morgan fingerprint density at radius 2 is 1.63 bits per heavy atom. The number of carbonyl (C=O) groups is 2. The van der Waals surface area contributed by atoms with Gasteiger partial charge in [0.2, 0.25) is 10.0 Å². The van der Waals surface area contributed by atoms with E-state index in [0.717, 1.165) is 0 Å². The second-order valence-electron chi connectivity index (χ2n) is 6.47. The summed E-state index contributed by atoms with van der Waals surface area (Å²) in [7, 11) is -3.74. The first kappa shape index (κ1) is 23.2. The molecule has 3 N–H and O–H groups in total. The van der Waals surface area contributed by atoms with Crippen LogP contribution in [0.2, 0.25) is 0 Å². The molecule has 0 aliphatic rings. The molecule has 2 aromatic rings. The second-order valence-corrected chi connectivity index (χ2v) is 8.19. The van der Waals surface area contributed by atoms with E-state index in [1.54, 1.807) is 38.1 Å². The van der Waals surface area contributed by atoms with Gasteiger partial charge >= 0.3 is 0 Å². The number of rotatable bonds is 9. The Bertz CT molecular complexity index is 992. The summed E-state index contributed by atoms with van der Waals surface area (Å²) in [5, 5.41) is 0. The molecule has 0 bridgehead atoms. The van der Waals surface area contributed by atoms with E-state index >= 15 is 0 Å². The smallest absolute Gasteiger partial charge is 0.276 e. The maximum Gasteiger partial charge on any atom is 0.276 e. The van der Waals surface area contributed by atoms with Gasteiger partial charge in [-0.2, -0.15) is 0 Å². The highest BCUT2D eigenvalue weighted by Gasteiger charge is 2.17. The van der Waals surface area contributed by atoms with Gasteiger partial charge in [-0.3, -0.25) is 20.4 Å². The molecule has 0 aliphatic carbocycles. The van der Waals surface area contributed by atoms with Crippen LogP contribution in [-0.4, -0.2) is 39.5 Å². The molecule has 0 unspecified atom stereocenters. The molecule has 0 atom stereocenters. The Balaban J connectivity index is 1.93. The Morgan fingerprint density at radius 1 is 0.967 bits per heavy atom. The molecule has 0 aliphatic heterocycles. The van der Waals surface area contributed by atoms with Gasteiger partial charge in [-0.05, 0) is 51.1 Å². The zero-order valence-corrected chi connectivity index (χ0v) is 17.8. The molecule has 0 radical (unpaired) electrons. The predicted molar refractivity (Wildman–Crippen MR) is 111 cm³/mol. The van der Waals surface area contributed by atoms with Gasteiger partial charge < -0.3 is 9.47 Å². The van der Waals surface area contributed by atoms with Crippen LogP contribution in [-0.2, 0) is 14.8 Å². The van der Waals surface area contributed by atoms with Gasteiger partial charge in [0.05, 0.1) is 11.5 Å². The quantitative estimate of drug-likeness (QED) is 0.515. The Kier molecular flexibility index (Phi) is 8.19. The average Bonchev–Trinajstić information content (AvgIpc) is 2.70. The number of nitrogens with one attached hydrogen (secondary N) is 3. The van der Waals surface area contributed by atoms with E-state index in [-0.39, 0.29) is 23.1 Å². The summed E-state index contributed by atoms with van der Waals surface area (Å²) in [5.41, 5.74) is 4.53. The molecule has 30 heavy (non-hydrogen) atoms. The number of sulfonamides is 1. The van der Waals surface area contributed by atoms with Crippen molar-refractivity contribution >= 4 is 21.8 Å².